The van der Waals surface area contributed by atoms with Gasteiger partial charge in [-0.05, 0) is 44.0 Å². The minimum absolute atomic E-state index is 0.0259. The molecule has 3 heteroatoms. The highest BCUT2D eigenvalue weighted by Gasteiger charge is 2.19. The number of hydrogen-bond acceptors (Lipinski definition) is 2. The van der Waals surface area contributed by atoms with Crippen LogP contribution in [0, 0.1) is 13.8 Å². The van der Waals surface area contributed by atoms with Crippen molar-refractivity contribution in [3.8, 4) is 5.75 Å². The Morgan fingerprint density at radius 3 is 2.41 bits per heavy atom. The van der Waals surface area contributed by atoms with E-state index in [1.54, 1.807) is 18.9 Å². The molecule has 22 heavy (non-hydrogen) atoms. The van der Waals surface area contributed by atoms with Gasteiger partial charge in [-0.1, -0.05) is 42.0 Å². The SMILES string of the molecule is Cc1ccc(CN(C)C(=O)C(C)Oc2cccc(C)c2)cc1. The number of rotatable bonds is 5. The Balaban J connectivity index is 1.96. The molecule has 0 aliphatic heterocycles. The summed E-state index contributed by atoms with van der Waals surface area (Å²) in [6, 6.07) is 15.9. The van der Waals surface area contributed by atoms with Gasteiger partial charge in [-0.15, -0.1) is 0 Å². The van der Waals surface area contributed by atoms with Gasteiger partial charge >= 0.3 is 0 Å². The topological polar surface area (TPSA) is 29.5 Å². The zero-order valence-corrected chi connectivity index (χ0v) is 13.7. The first kappa shape index (κ1) is 16.1. The second-order valence-electron chi connectivity index (χ2n) is 5.76. The number of likely N-dealkylation sites (N-methyl/N-ethyl adjacent to an activating group) is 1. The van der Waals surface area contributed by atoms with E-state index in [0.717, 1.165) is 16.9 Å². The van der Waals surface area contributed by atoms with E-state index >= 15 is 0 Å². The first-order chi connectivity index (χ1) is 10.5. The monoisotopic (exact) mass is 297 g/mol. The summed E-state index contributed by atoms with van der Waals surface area (Å²) in [7, 11) is 1.80. The van der Waals surface area contributed by atoms with Crippen molar-refractivity contribution in [1.29, 1.82) is 0 Å². The molecule has 0 saturated carbocycles. The number of amides is 1. The highest BCUT2D eigenvalue weighted by atomic mass is 16.5. The molecule has 0 fully saturated rings. The highest BCUT2D eigenvalue weighted by molar-refractivity contribution is 5.80. The van der Waals surface area contributed by atoms with Crippen molar-refractivity contribution in [3.63, 3.8) is 0 Å². The van der Waals surface area contributed by atoms with Gasteiger partial charge in [0.2, 0.25) is 0 Å². The van der Waals surface area contributed by atoms with Crippen molar-refractivity contribution < 1.29 is 9.53 Å². The molecule has 116 valence electrons. The van der Waals surface area contributed by atoms with E-state index in [0.29, 0.717) is 6.54 Å². The Morgan fingerprint density at radius 2 is 1.77 bits per heavy atom. The minimum Gasteiger partial charge on any atom is -0.481 e. The average Bonchev–Trinajstić information content (AvgIpc) is 2.48. The maximum Gasteiger partial charge on any atom is 0.263 e. The quantitative estimate of drug-likeness (QED) is 0.841. The van der Waals surface area contributed by atoms with E-state index in [1.807, 2.05) is 43.3 Å². The molecule has 0 N–H and O–H groups in total. The number of benzene rings is 2. The molecule has 0 radical (unpaired) electrons. The molecule has 1 amide bonds. The first-order valence-corrected chi connectivity index (χ1v) is 7.49. The molecule has 0 heterocycles. The summed E-state index contributed by atoms with van der Waals surface area (Å²) in [6.45, 7) is 6.43. The van der Waals surface area contributed by atoms with Crippen molar-refractivity contribution >= 4 is 5.91 Å². The van der Waals surface area contributed by atoms with Crippen LogP contribution in [-0.4, -0.2) is 24.0 Å². The van der Waals surface area contributed by atoms with E-state index in [4.69, 9.17) is 4.74 Å². The summed E-state index contributed by atoms with van der Waals surface area (Å²) in [5, 5.41) is 0. The molecule has 0 spiro atoms. The number of carbonyl (C=O) groups excluding carboxylic acids is 1. The van der Waals surface area contributed by atoms with Crippen LogP contribution in [0.1, 0.15) is 23.6 Å². The maximum absolute atomic E-state index is 12.4. The zero-order chi connectivity index (χ0) is 16.1. The smallest absolute Gasteiger partial charge is 0.263 e. The third-order valence-corrected chi connectivity index (χ3v) is 3.57. The summed E-state index contributed by atoms with van der Waals surface area (Å²) >= 11 is 0. The van der Waals surface area contributed by atoms with Crippen molar-refractivity contribution in [2.75, 3.05) is 7.05 Å². The molecule has 1 unspecified atom stereocenters. The second kappa shape index (κ2) is 7.12. The summed E-state index contributed by atoms with van der Waals surface area (Å²) < 4.78 is 5.74. The van der Waals surface area contributed by atoms with Crippen molar-refractivity contribution in [1.82, 2.24) is 4.90 Å². The van der Waals surface area contributed by atoms with Crippen LogP contribution >= 0.6 is 0 Å². The summed E-state index contributed by atoms with van der Waals surface area (Å²) in [6.07, 6.45) is -0.503. The van der Waals surface area contributed by atoms with Crippen LogP contribution in [0.5, 0.6) is 5.75 Å². The molecule has 0 aliphatic carbocycles. The lowest BCUT2D eigenvalue weighted by Crippen LogP contribution is -2.37. The fourth-order valence-electron chi connectivity index (χ4n) is 2.30. The molecular formula is C19H23NO2. The summed E-state index contributed by atoms with van der Waals surface area (Å²) in [4.78, 5) is 14.1. The van der Waals surface area contributed by atoms with Crippen molar-refractivity contribution in [2.24, 2.45) is 0 Å². The van der Waals surface area contributed by atoms with Crippen molar-refractivity contribution in [2.45, 2.75) is 33.4 Å². The molecule has 2 aromatic rings. The van der Waals surface area contributed by atoms with Gasteiger partial charge in [-0.2, -0.15) is 0 Å². The standard InChI is InChI=1S/C19H23NO2/c1-14-8-10-17(11-9-14)13-20(4)19(21)16(3)22-18-7-5-6-15(2)12-18/h5-12,16H,13H2,1-4H3. The first-order valence-electron chi connectivity index (χ1n) is 7.49. The molecule has 0 saturated heterocycles. The van der Waals surface area contributed by atoms with Gasteiger partial charge < -0.3 is 9.64 Å². The molecule has 2 aromatic carbocycles. The van der Waals surface area contributed by atoms with Crippen LogP contribution in [-0.2, 0) is 11.3 Å². The highest BCUT2D eigenvalue weighted by Crippen LogP contribution is 2.15. The molecule has 0 aromatic heterocycles. The normalized spacial score (nSPS) is 11.8. The van der Waals surface area contributed by atoms with E-state index in [9.17, 15) is 4.79 Å². The molecule has 3 nitrogen and oxygen atoms in total. The van der Waals surface area contributed by atoms with Crippen molar-refractivity contribution in [3.05, 3.63) is 65.2 Å². The van der Waals surface area contributed by atoms with E-state index < -0.39 is 6.10 Å². The Morgan fingerprint density at radius 1 is 1.09 bits per heavy atom. The fourth-order valence-corrected chi connectivity index (χ4v) is 2.30. The number of aryl methyl sites for hydroxylation is 2. The summed E-state index contributed by atoms with van der Waals surface area (Å²) in [5.41, 5.74) is 3.45. The lowest BCUT2D eigenvalue weighted by atomic mass is 10.1. The Bertz CT molecular complexity index is 634. The zero-order valence-electron chi connectivity index (χ0n) is 13.7. The number of hydrogen-bond donors (Lipinski definition) is 0. The van der Waals surface area contributed by atoms with Gasteiger partial charge in [-0.25, -0.2) is 0 Å². The van der Waals surface area contributed by atoms with Crippen LogP contribution in [0.15, 0.2) is 48.5 Å². The van der Waals surface area contributed by atoms with E-state index in [-0.39, 0.29) is 5.91 Å². The minimum atomic E-state index is -0.503. The Kier molecular flexibility index (Phi) is 5.21. The second-order valence-corrected chi connectivity index (χ2v) is 5.76. The molecule has 1 atom stereocenters. The van der Waals surface area contributed by atoms with Gasteiger partial charge in [0.1, 0.15) is 5.75 Å². The Labute approximate surface area is 132 Å². The molecule has 0 bridgehead atoms. The van der Waals surface area contributed by atoms with Gasteiger partial charge in [0.25, 0.3) is 5.91 Å². The predicted molar refractivity (Wildman–Crippen MR) is 88.9 cm³/mol. The largest absolute Gasteiger partial charge is 0.481 e. The molecule has 0 aliphatic rings. The molecular weight excluding hydrogens is 274 g/mol. The third-order valence-electron chi connectivity index (χ3n) is 3.57. The van der Waals surface area contributed by atoms with Crippen LogP contribution in [0.3, 0.4) is 0 Å². The van der Waals surface area contributed by atoms with Gasteiger partial charge in [0.05, 0.1) is 0 Å². The number of ether oxygens (including phenoxy) is 1. The van der Waals surface area contributed by atoms with Crippen LogP contribution in [0.4, 0.5) is 0 Å². The predicted octanol–water partition coefficient (Wildman–Crippen LogP) is 3.73. The third kappa shape index (κ3) is 4.35. The van der Waals surface area contributed by atoms with Gasteiger partial charge in [-0.3, -0.25) is 4.79 Å². The van der Waals surface area contributed by atoms with E-state index in [2.05, 4.69) is 19.1 Å². The Hall–Kier alpha value is -2.29. The van der Waals surface area contributed by atoms with Crippen LogP contribution < -0.4 is 4.74 Å². The van der Waals surface area contributed by atoms with Crippen LogP contribution in [0.2, 0.25) is 0 Å². The molecule has 2 rings (SSSR count). The average molecular weight is 297 g/mol. The maximum atomic E-state index is 12.4. The lowest BCUT2D eigenvalue weighted by molar-refractivity contribution is -0.137. The number of nitrogens with zero attached hydrogens (tertiary/aromatic N) is 1. The summed E-state index contributed by atoms with van der Waals surface area (Å²) in [5.74, 6) is 0.701. The fraction of sp³-hybridized carbons (Fsp3) is 0.316. The van der Waals surface area contributed by atoms with E-state index in [1.165, 1.54) is 5.56 Å². The van der Waals surface area contributed by atoms with Crippen LogP contribution in [0.25, 0.3) is 0 Å². The van der Waals surface area contributed by atoms with Gasteiger partial charge in [0, 0.05) is 13.6 Å². The lowest BCUT2D eigenvalue weighted by Gasteiger charge is -2.22. The number of carbonyl (C=O) groups is 1. The van der Waals surface area contributed by atoms with Gasteiger partial charge in [0.15, 0.2) is 6.10 Å².